The Morgan fingerprint density at radius 3 is 2.75 bits per heavy atom. The highest BCUT2D eigenvalue weighted by Gasteiger charge is 2.38. The minimum Gasteiger partial charge on any atom is -0.357 e. The van der Waals surface area contributed by atoms with Crippen molar-refractivity contribution >= 4 is 17.7 Å². The number of nitrogens with one attached hydrogen (secondary N) is 1. The van der Waals surface area contributed by atoms with Gasteiger partial charge >= 0.3 is 0 Å². The van der Waals surface area contributed by atoms with Gasteiger partial charge < -0.3 is 10.2 Å². The lowest BCUT2D eigenvalue weighted by molar-refractivity contribution is 0.293. The summed E-state index contributed by atoms with van der Waals surface area (Å²) in [5, 5.41) is 7.70. The molecular formula is C21H30N6S. The average molecular weight is 399 g/mol. The highest BCUT2D eigenvalue weighted by atomic mass is 32.2. The van der Waals surface area contributed by atoms with Gasteiger partial charge in [-0.05, 0) is 37.5 Å². The first kappa shape index (κ1) is 19.3. The smallest absolute Gasteiger partial charge is 0.194 e. The van der Waals surface area contributed by atoms with E-state index in [9.17, 15) is 0 Å². The summed E-state index contributed by atoms with van der Waals surface area (Å²) in [5.41, 5.74) is 2.22. The first-order chi connectivity index (χ1) is 13.8. The minimum absolute atomic E-state index is 0.451. The third kappa shape index (κ3) is 4.51. The summed E-state index contributed by atoms with van der Waals surface area (Å²) in [4.78, 5) is 11.5. The molecule has 2 heterocycles. The van der Waals surface area contributed by atoms with Crippen molar-refractivity contribution in [2.75, 3.05) is 25.4 Å². The molecule has 0 unspecified atom stereocenters. The molecule has 1 aromatic carbocycles. The van der Waals surface area contributed by atoms with E-state index in [4.69, 9.17) is 4.99 Å². The largest absolute Gasteiger partial charge is 0.357 e. The molecular weight excluding hydrogens is 368 g/mol. The number of hydrogen-bond donors (Lipinski definition) is 1. The van der Waals surface area contributed by atoms with Crippen LogP contribution in [0.2, 0.25) is 0 Å². The van der Waals surface area contributed by atoms with E-state index in [-0.39, 0.29) is 0 Å². The molecule has 1 N–H and O–H groups in total. The standard InChI is InChI=1S/C21H30N6S/c1-2-23-20(26-12-13-28-21(15-26)10-4-3-5-11-21)24-14-18-6-8-19(9-7-18)27-17-22-16-25-27/h6-9,16-17H,2-5,10-15H2,1H3,(H,23,24). The van der Waals surface area contributed by atoms with Crippen LogP contribution >= 0.6 is 11.8 Å². The average Bonchev–Trinajstić information content (AvgIpc) is 3.27. The van der Waals surface area contributed by atoms with Crippen LogP contribution in [0.5, 0.6) is 0 Å². The lowest BCUT2D eigenvalue weighted by Gasteiger charge is -2.45. The normalized spacial score (nSPS) is 19.8. The molecule has 28 heavy (non-hydrogen) atoms. The van der Waals surface area contributed by atoms with Crippen molar-refractivity contribution in [3.8, 4) is 5.69 Å². The Labute approximate surface area is 171 Å². The summed E-state index contributed by atoms with van der Waals surface area (Å²) in [6.07, 6.45) is 10.2. The predicted octanol–water partition coefficient (Wildman–Crippen LogP) is 3.48. The number of aliphatic imine (C=N–C) groups is 1. The second kappa shape index (κ2) is 8.99. The maximum absolute atomic E-state index is 4.97. The number of nitrogens with zero attached hydrogens (tertiary/aromatic N) is 5. The summed E-state index contributed by atoms with van der Waals surface area (Å²) in [6.45, 7) is 5.97. The van der Waals surface area contributed by atoms with E-state index < -0.39 is 0 Å². The molecule has 7 heteroatoms. The second-order valence-corrected chi connectivity index (χ2v) is 9.25. The molecule has 2 fully saturated rings. The van der Waals surface area contributed by atoms with Crippen molar-refractivity contribution in [2.24, 2.45) is 4.99 Å². The molecule has 1 aliphatic carbocycles. The summed E-state index contributed by atoms with van der Waals surface area (Å²) >= 11 is 2.20. The fraction of sp³-hybridized carbons (Fsp3) is 0.571. The van der Waals surface area contributed by atoms with Gasteiger partial charge in [-0.15, -0.1) is 0 Å². The molecule has 150 valence electrons. The molecule has 0 amide bonds. The quantitative estimate of drug-likeness (QED) is 0.631. The predicted molar refractivity (Wildman–Crippen MR) is 116 cm³/mol. The first-order valence-electron chi connectivity index (χ1n) is 10.4. The highest BCUT2D eigenvalue weighted by molar-refractivity contribution is 8.00. The van der Waals surface area contributed by atoms with Crippen LogP contribution in [-0.4, -0.2) is 55.8 Å². The Morgan fingerprint density at radius 2 is 2.04 bits per heavy atom. The van der Waals surface area contributed by atoms with E-state index in [0.717, 1.165) is 31.3 Å². The van der Waals surface area contributed by atoms with Crippen LogP contribution in [0.4, 0.5) is 0 Å². The number of guanidine groups is 1. The zero-order chi connectivity index (χ0) is 19.2. The Balaban J connectivity index is 1.44. The summed E-state index contributed by atoms with van der Waals surface area (Å²) in [5.74, 6) is 2.27. The zero-order valence-corrected chi connectivity index (χ0v) is 17.5. The Kier molecular flexibility index (Phi) is 6.20. The number of thioether (sulfide) groups is 1. The van der Waals surface area contributed by atoms with Crippen molar-refractivity contribution < 1.29 is 0 Å². The molecule has 0 atom stereocenters. The van der Waals surface area contributed by atoms with Crippen LogP contribution in [0.3, 0.4) is 0 Å². The van der Waals surface area contributed by atoms with Gasteiger partial charge in [0.25, 0.3) is 0 Å². The summed E-state index contributed by atoms with van der Waals surface area (Å²) in [7, 11) is 0. The zero-order valence-electron chi connectivity index (χ0n) is 16.7. The highest BCUT2D eigenvalue weighted by Crippen LogP contribution is 2.42. The van der Waals surface area contributed by atoms with E-state index in [1.54, 1.807) is 17.3 Å². The molecule has 6 nitrogen and oxygen atoms in total. The fourth-order valence-electron chi connectivity index (χ4n) is 4.21. The fourth-order valence-corrected chi connectivity index (χ4v) is 5.78. The van der Waals surface area contributed by atoms with Crippen molar-refractivity contribution in [1.29, 1.82) is 0 Å². The lowest BCUT2D eigenvalue weighted by atomic mass is 9.87. The SMILES string of the molecule is CCNC(=NCc1ccc(-n2cncn2)cc1)N1CCSC2(CCCCC2)C1. The molecule has 0 bridgehead atoms. The van der Waals surface area contributed by atoms with Gasteiger partial charge in [-0.3, -0.25) is 0 Å². The lowest BCUT2D eigenvalue weighted by Crippen LogP contribution is -2.53. The third-order valence-corrected chi connectivity index (χ3v) is 7.22. The maximum Gasteiger partial charge on any atom is 0.194 e. The summed E-state index contributed by atoms with van der Waals surface area (Å²) < 4.78 is 2.22. The molecule has 2 aromatic rings. The van der Waals surface area contributed by atoms with Crippen molar-refractivity contribution in [3.05, 3.63) is 42.5 Å². The Bertz CT molecular complexity index is 759. The summed E-state index contributed by atoms with van der Waals surface area (Å²) in [6, 6.07) is 8.39. The van der Waals surface area contributed by atoms with Crippen LogP contribution in [0.1, 0.15) is 44.6 Å². The van der Waals surface area contributed by atoms with Gasteiger partial charge in [0, 0.05) is 30.1 Å². The molecule has 1 saturated heterocycles. The molecule has 2 aliphatic rings. The molecule has 4 rings (SSSR count). The van der Waals surface area contributed by atoms with Gasteiger partial charge in [0.05, 0.1) is 12.2 Å². The van der Waals surface area contributed by atoms with Crippen LogP contribution in [0, 0.1) is 0 Å². The van der Waals surface area contributed by atoms with Crippen LogP contribution in [-0.2, 0) is 6.54 Å². The van der Waals surface area contributed by atoms with Crippen molar-refractivity contribution in [2.45, 2.75) is 50.3 Å². The van der Waals surface area contributed by atoms with Crippen molar-refractivity contribution in [1.82, 2.24) is 25.0 Å². The monoisotopic (exact) mass is 398 g/mol. The van der Waals surface area contributed by atoms with E-state index in [0.29, 0.717) is 11.3 Å². The minimum atomic E-state index is 0.451. The van der Waals surface area contributed by atoms with Crippen LogP contribution < -0.4 is 5.32 Å². The van der Waals surface area contributed by atoms with Gasteiger partial charge in [0.2, 0.25) is 0 Å². The van der Waals surface area contributed by atoms with Gasteiger partial charge in [-0.1, -0.05) is 31.4 Å². The number of rotatable bonds is 4. The second-order valence-electron chi connectivity index (χ2n) is 7.69. The molecule has 1 aliphatic heterocycles. The van der Waals surface area contributed by atoms with E-state index in [1.807, 2.05) is 0 Å². The number of benzene rings is 1. The van der Waals surface area contributed by atoms with E-state index in [2.05, 4.69) is 63.3 Å². The third-order valence-electron chi connectivity index (χ3n) is 5.68. The molecule has 0 radical (unpaired) electrons. The van der Waals surface area contributed by atoms with Gasteiger partial charge in [0.15, 0.2) is 5.96 Å². The van der Waals surface area contributed by atoms with Crippen LogP contribution in [0.15, 0.2) is 41.9 Å². The topological polar surface area (TPSA) is 58.3 Å². The number of hydrogen-bond acceptors (Lipinski definition) is 4. The molecule has 1 aromatic heterocycles. The Morgan fingerprint density at radius 1 is 1.21 bits per heavy atom. The van der Waals surface area contributed by atoms with Gasteiger partial charge in [0.1, 0.15) is 12.7 Å². The Hall–Kier alpha value is -2.02. The first-order valence-corrected chi connectivity index (χ1v) is 11.4. The van der Waals surface area contributed by atoms with Gasteiger partial charge in [-0.25, -0.2) is 14.7 Å². The van der Waals surface area contributed by atoms with Gasteiger partial charge in [-0.2, -0.15) is 16.9 Å². The van der Waals surface area contributed by atoms with E-state index >= 15 is 0 Å². The van der Waals surface area contributed by atoms with E-state index in [1.165, 1.54) is 43.4 Å². The molecule has 1 spiro atoms. The molecule has 1 saturated carbocycles. The maximum atomic E-state index is 4.97. The van der Waals surface area contributed by atoms with Crippen LogP contribution in [0.25, 0.3) is 5.69 Å². The van der Waals surface area contributed by atoms with Crippen molar-refractivity contribution in [3.63, 3.8) is 0 Å². The number of aromatic nitrogens is 3.